The third-order valence-electron chi connectivity index (χ3n) is 6.39. The molecule has 0 amide bonds. The van der Waals surface area contributed by atoms with Crippen molar-refractivity contribution in [1.29, 1.82) is 0 Å². The Kier molecular flexibility index (Phi) is 3.53. The van der Waals surface area contributed by atoms with Gasteiger partial charge in [-0.3, -0.25) is 0 Å². The maximum atomic E-state index is 3.79. The molecule has 0 spiro atoms. The highest BCUT2D eigenvalue weighted by Gasteiger charge is 2.63. The average molecular weight is 292 g/mol. The van der Waals surface area contributed by atoms with E-state index in [9.17, 15) is 0 Å². The van der Waals surface area contributed by atoms with Crippen LogP contribution >= 0.6 is 11.3 Å². The van der Waals surface area contributed by atoms with Gasteiger partial charge in [-0.15, -0.1) is 11.3 Å². The van der Waals surface area contributed by atoms with Crippen LogP contribution in [0.15, 0.2) is 6.07 Å². The molecule has 1 aromatic heterocycles. The maximum Gasteiger partial charge on any atom is 0.0386 e. The first-order chi connectivity index (χ1) is 9.34. The molecule has 112 valence electrons. The van der Waals surface area contributed by atoms with E-state index in [-0.39, 0.29) is 0 Å². The summed E-state index contributed by atoms with van der Waals surface area (Å²) in [6, 6.07) is 2.98. The number of thiophene rings is 1. The molecule has 1 fully saturated rings. The fourth-order valence-corrected chi connectivity index (χ4v) is 5.25. The molecule has 1 nitrogen and oxygen atoms in total. The molecule has 1 unspecified atom stereocenters. The highest BCUT2D eigenvalue weighted by molar-refractivity contribution is 7.12. The molecule has 20 heavy (non-hydrogen) atoms. The van der Waals surface area contributed by atoms with Crippen molar-refractivity contribution in [1.82, 2.24) is 5.32 Å². The Morgan fingerprint density at radius 1 is 1.20 bits per heavy atom. The lowest BCUT2D eigenvalue weighted by Gasteiger charge is -2.13. The fourth-order valence-electron chi connectivity index (χ4n) is 3.97. The summed E-state index contributed by atoms with van der Waals surface area (Å²) in [7, 11) is 0. The summed E-state index contributed by atoms with van der Waals surface area (Å²) in [4.78, 5) is 3.21. The van der Waals surface area contributed by atoms with Crippen LogP contribution in [0, 0.1) is 16.7 Å². The smallest absolute Gasteiger partial charge is 0.0386 e. The van der Waals surface area contributed by atoms with Crippen LogP contribution in [0.4, 0.5) is 0 Å². The first-order valence-corrected chi connectivity index (χ1v) is 9.00. The molecule has 1 N–H and O–H groups in total. The Hall–Kier alpha value is -0.340. The third kappa shape index (κ3) is 2.25. The van der Waals surface area contributed by atoms with Crippen LogP contribution < -0.4 is 5.32 Å². The topological polar surface area (TPSA) is 12.0 Å². The number of hydrogen-bond acceptors (Lipinski definition) is 2. The molecule has 0 aliphatic heterocycles. The average Bonchev–Trinajstić information content (AvgIpc) is 2.74. The third-order valence-corrected chi connectivity index (χ3v) is 7.81. The second kappa shape index (κ2) is 4.84. The fraction of sp³-hybridized carbons (Fsp3) is 0.778. The molecule has 0 bridgehead atoms. The van der Waals surface area contributed by atoms with E-state index in [4.69, 9.17) is 0 Å². The lowest BCUT2D eigenvalue weighted by Crippen LogP contribution is -2.22. The largest absolute Gasteiger partial charge is 0.309 e. The summed E-state index contributed by atoms with van der Waals surface area (Å²) in [6.07, 6.45) is 5.39. The van der Waals surface area contributed by atoms with Gasteiger partial charge in [0.1, 0.15) is 0 Å². The Morgan fingerprint density at radius 2 is 1.85 bits per heavy atom. The van der Waals surface area contributed by atoms with Crippen LogP contribution in [0.2, 0.25) is 0 Å². The Morgan fingerprint density at radius 3 is 2.45 bits per heavy atom. The molecular formula is C18H29NS. The van der Waals surface area contributed by atoms with Crippen LogP contribution in [-0.4, -0.2) is 6.54 Å². The van der Waals surface area contributed by atoms with E-state index in [0.717, 1.165) is 12.5 Å². The molecule has 2 aliphatic rings. The monoisotopic (exact) mass is 291 g/mol. The van der Waals surface area contributed by atoms with Gasteiger partial charge in [-0.05, 0) is 67.5 Å². The van der Waals surface area contributed by atoms with Crippen molar-refractivity contribution in [2.75, 3.05) is 6.54 Å². The van der Waals surface area contributed by atoms with Crippen molar-refractivity contribution in [3.63, 3.8) is 0 Å². The Bertz CT molecular complexity index is 460. The van der Waals surface area contributed by atoms with Gasteiger partial charge in [0.15, 0.2) is 0 Å². The van der Waals surface area contributed by atoms with Gasteiger partial charge in [-0.1, -0.05) is 27.7 Å². The van der Waals surface area contributed by atoms with Gasteiger partial charge in [0.2, 0.25) is 0 Å². The minimum Gasteiger partial charge on any atom is -0.309 e. The van der Waals surface area contributed by atoms with Gasteiger partial charge in [0, 0.05) is 15.8 Å². The number of nitrogens with one attached hydrogen (secondary N) is 1. The van der Waals surface area contributed by atoms with Gasteiger partial charge in [-0.2, -0.15) is 0 Å². The minimum absolute atomic E-state index is 0.494. The SMILES string of the molecule is CC(NCC1C(C)(C)C1(C)C)c1cc2c(s1)CCCC2. The zero-order valence-corrected chi connectivity index (χ0v) is 14.5. The summed E-state index contributed by atoms with van der Waals surface area (Å²) in [5, 5.41) is 3.79. The number of fused-ring (bicyclic) bond motifs is 1. The van der Waals surface area contributed by atoms with Gasteiger partial charge in [-0.25, -0.2) is 0 Å². The summed E-state index contributed by atoms with van der Waals surface area (Å²) < 4.78 is 0. The van der Waals surface area contributed by atoms with E-state index in [1.807, 2.05) is 0 Å². The zero-order chi connectivity index (χ0) is 14.5. The van der Waals surface area contributed by atoms with Crippen molar-refractivity contribution < 1.29 is 0 Å². The second-order valence-corrected chi connectivity index (χ2v) is 9.10. The number of rotatable bonds is 4. The first kappa shape index (κ1) is 14.6. The molecule has 3 rings (SSSR count). The van der Waals surface area contributed by atoms with Gasteiger partial charge in [0.25, 0.3) is 0 Å². The van der Waals surface area contributed by atoms with Crippen molar-refractivity contribution in [2.24, 2.45) is 16.7 Å². The standard InChI is InChI=1S/C18H29NS/c1-12(19-11-16-17(2,3)18(16,4)5)15-10-13-8-6-7-9-14(13)20-15/h10,12,16,19H,6-9,11H2,1-5H3. The minimum atomic E-state index is 0.494. The summed E-state index contributed by atoms with van der Waals surface area (Å²) in [6.45, 7) is 13.1. The van der Waals surface area contributed by atoms with Crippen LogP contribution in [0.25, 0.3) is 0 Å². The molecule has 0 radical (unpaired) electrons. The Labute approximate surface area is 128 Å². The Balaban J connectivity index is 1.60. The molecule has 1 aromatic rings. The molecule has 0 saturated heterocycles. The van der Waals surface area contributed by atoms with Crippen molar-refractivity contribution >= 4 is 11.3 Å². The molecule has 1 heterocycles. The van der Waals surface area contributed by atoms with E-state index in [1.165, 1.54) is 25.7 Å². The van der Waals surface area contributed by atoms with Crippen molar-refractivity contribution in [3.8, 4) is 0 Å². The van der Waals surface area contributed by atoms with Crippen molar-refractivity contribution in [3.05, 3.63) is 21.4 Å². The van der Waals surface area contributed by atoms with E-state index < -0.39 is 0 Å². The first-order valence-electron chi connectivity index (χ1n) is 8.19. The quantitative estimate of drug-likeness (QED) is 0.826. The van der Waals surface area contributed by atoms with E-state index in [0.29, 0.717) is 16.9 Å². The second-order valence-electron chi connectivity index (χ2n) is 7.93. The van der Waals surface area contributed by atoms with Crippen molar-refractivity contribution in [2.45, 2.75) is 66.3 Å². The molecule has 1 saturated carbocycles. The summed E-state index contributed by atoms with van der Waals surface area (Å²) >= 11 is 2.05. The maximum absolute atomic E-state index is 3.79. The highest BCUT2D eigenvalue weighted by atomic mass is 32.1. The molecule has 2 aliphatic carbocycles. The predicted octanol–water partition coefficient (Wildman–Crippen LogP) is 4.96. The zero-order valence-electron chi connectivity index (χ0n) is 13.7. The molecule has 1 atom stereocenters. The summed E-state index contributed by atoms with van der Waals surface area (Å²) in [5.41, 5.74) is 2.62. The normalized spacial score (nSPS) is 25.2. The van der Waals surface area contributed by atoms with E-state index in [1.54, 1.807) is 15.3 Å². The van der Waals surface area contributed by atoms with Crippen LogP contribution in [0.5, 0.6) is 0 Å². The van der Waals surface area contributed by atoms with E-state index in [2.05, 4.69) is 57.3 Å². The predicted molar refractivity (Wildman–Crippen MR) is 88.4 cm³/mol. The summed E-state index contributed by atoms with van der Waals surface area (Å²) in [5.74, 6) is 0.812. The van der Waals surface area contributed by atoms with E-state index >= 15 is 0 Å². The molecular weight excluding hydrogens is 262 g/mol. The van der Waals surface area contributed by atoms with Crippen LogP contribution in [-0.2, 0) is 12.8 Å². The highest BCUT2D eigenvalue weighted by Crippen LogP contribution is 2.68. The lowest BCUT2D eigenvalue weighted by atomic mass is 9.99. The molecule has 2 heteroatoms. The number of aryl methyl sites for hydroxylation is 2. The van der Waals surface area contributed by atoms with Gasteiger partial charge < -0.3 is 5.32 Å². The molecule has 0 aromatic carbocycles. The number of hydrogen-bond donors (Lipinski definition) is 1. The lowest BCUT2D eigenvalue weighted by molar-refractivity contribution is 0.457. The van der Waals surface area contributed by atoms with Crippen LogP contribution in [0.3, 0.4) is 0 Å². The van der Waals surface area contributed by atoms with Crippen LogP contribution in [0.1, 0.15) is 68.8 Å². The van der Waals surface area contributed by atoms with Gasteiger partial charge >= 0.3 is 0 Å². The van der Waals surface area contributed by atoms with Gasteiger partial charge in [0.05, 0.1) is 0 Å².